The lowest BCUT2D eigenvalue weighted by atomic mass is 9.82. The molecular formula is C59H43N3O2. The molecule has 0 N–H and O–H groups in total. The third kappa shape index (κ3) is 6.49. The van der Waals surface area contributed by atoms with E-state index in [1.807, 2.05) is 91.0 Å². The fourth-order valence-electron chi connectivity index (χ4n) is 9.58. The van der Waals surface area contributed by atoms with Gasteiger partial charge >= 0.3 is 5.69 Å². The minimum atomic E-state index is -0.428. The van der Waals surface area contributed by atoms with Crippen molar-refractivity contribution in [1.29, 1.82) is 0 Å². The first-order chi connectivity index (χ1) is 31.3. The molecule has 0 aliphatic heterocycles. The van der Waals surface area contributed by atoms with Gasteiger partial charge in [-0.1, -0.05) is 172 Å². The first-order valence-electron chi connectivity index (χ1n) is 21.7. The summed E-state index contributed by atoms with van der Waals surface area (Å²) in [7, 11) is 0. The quantitative estimate of drug-likeness (QED) is 0.153. The van der Waals surface area contributed by atoms with Crippen molar-refractivity contribution < 1.29 is 0 Å². The average molecular weight is 826 g/mol. The minimum absolute atomic E-state index is 0.144. The Morgan fingerprint density at radius 2 is 0.906 bits per heavy atom. The highest BCUT2D eigenvalue weighted by atomic mass is 16.2. The molecule has 0 fully saturated rings. The van der Waals surface area contributed by atoms with E-state index in [-0.39, 0.29) is 11.0 Å². The zero-order valence-corrected chi connectivity index (χ0v) is 35.5. The Morgan fingerprint density at radius 1 is 0.406 bits per heavy atom. The van der Waals surface area contributed by atoms with Crippen LogP contribution >= 0.6 is 0 Å². The van der Waals surface area contributed by atoms with Crippen molar-refractivity contribution in [3.63, 3.8) is 0 Å². The minimum Gasteiger partial charge on any atom is -0.310 e. The van der Waals surface area contributed by atoms with E-state index in [0.717, 1.165) is 50.4 Å². The maximum atomic E-state index is 14.4. The summed E-state index contributed by atoms with van der Waals surface area (Å²) in [5, 5.41) is 0.462. The fraction of sp³-hybridized carbons (Fsp3) is 0.0508. The van der Waals surface area contributed by atoms with E-state index in [4.69, 9.17) is 0 Å². The fourth-order valence-corrected chi connectivity index (χ4v) is 9.58. The SMILES string of the molecule is CC1(C)c2ccccc2-c2c(N(c3ccc(-c4ccc(-n5c(=O)c6ccccc6n(-c6ccc(-c7ccccc7)cc6)c5=O)cc4)cc3)c3cccc(-c4ccccc4)c3)cccc21. The van der Waals surface area contributed by atoms with Crippen LogP contribution in [0.15, 0.2) is 234 Å². The van der Waals surface area contributed by atoms with Crippen molar-refractivity contribution in [2.45, 2.75) is 19.3 Å². The molecule has 11 rings (SSSR count). The summed E-state index contributed by atoms with van der Waals surface area (Å²) in [4.78, 5) is 30.9. The summed E-state index contributed by atoms with van der Waals surface area (Å²) in [6, 6.07) is 76.4. The first-order valence-corrected chi connectivity index (χ1v) is 21.7. The van der Waals surface area contributed by atoms with Gasteiger partial charge in [0.1, 0.15) is 0 Å². The third-order valence-electron chi connectivity index (χ3n) is 12.8. The number of benzene rings is 9. The Labute approximate surface area is 372 Å². The van der Waals surface area contributed by atoms with Crippen molar-refractivity contribution in [2.75, 3.05) is 4.90 Å². The van der Waals surface area contributed by atoms with Gasteiger partial charge in [-0.25, -0.2) is 9.36 Å². The monoisotopic (exact) mass is 825 g/mol. The number of hydrogen-bond acceptors (Lipinski definition) is 3. The van der Waals surface area contributed by atoms with E-state index in [0.29, 0.717) is 22.3 Å². The van der Waals surface area contributed by atoms with E-state index in [2.05, 4.69) is 146 Å². The van der Waals surface area contributed by atoms with Gasteiger partial charge in [-0.05, 0) is 117 Å². The topological polar surface area (TPSA) is 47.2 Å². The summed E-state index contributed by atoms with van der Waals surface area (Å²) >= 11 is 0. The van der Waals surface area contributed by atoms with Crippen LogP contribution in [-0.4, -0.2) is 9.13 Å². The standard InChI is InChI=1S/C59H43N3O2/c1-59(2)52-23-11-9-21-50(52)56-53(59)24-14-26-55(56)60(49-20-13-19-45(39-49)41-17-7-4-8-18-41)46-33-27-43(28-34-46)44-31-37-48(38-32-44)62-57(63)51-22-10-12-25-54(51)61(58(62)64)47-35-29-42(30-36-47)40-15-5-3-6-16-40/h3-39H,1-2H3. The van der Waals surface area contributed by atoms with E-state index in [9.17, 15) is 9.59 Å². The molecule has 0 atom stereocenters. The maximum absolute atomic E-state index is 14.4. The molecule has 1 aromatic heterocycles. The third-order valence-corrected chi connectivity index (χ3v) is 12.8. The molecule has 1 heterocycles. The van der Waals surface area contributed by atoms with Crippen LogP contribution in [0, 0.1) is 0 Å². The molecule has 0 bridgehead atoms. The highest BCUT2D eigenvalue weighted by molar-refractivity contribution is 5.95. The van der Waals surface area contributed by atoms with Crippen LogP contribution in [0.4, 0.5) is 17.1 Å². The highest BCUT2D eigenvalue weighted by Crippen LogP contribution is 2.54. The van der Waals surface area contributed by atoms with Gasteiger partial charge in [-0.15, -0.1) is 0 Å². The Bertz CT molecular complexity index is 3480. The van der Waals surface area contributed by atoms with Gasteiger partial charge in [-0.2, -0.15) is 0 Å². The average Bonchev–Trinajstić information content (AvgIpc) is 3.59. The van der Waals surface area contributed by atoms with Crippen LogP contribution in [0.2, 0.25) is 0 Å². The molecule has 0 saturated carbocycles. The predicted octanol–water partition coefficient (Wildman–Crippen LogP) is 13.9. The maximum Gasteiger partial charge on any atom is 0.340 e. The number of fused-ring (bicyclic) bond motifs is 4. The second-order valence-electron chi connectivity index (χ2n) is 16.9. The second kappa shape index (κ2) is 15.6. The van der Waals surface area contributed by atoms with E-state index in [1.54, 1.807) is 10.6 Å². The number of nitrogens with zero attached hydrogens (tertiary/aromatic N) is 3. The number of rotatable bonds is 8. The normalized spacial score (nSPS) is 12.5. The van der Waals surface area contributed by atoms with Gasteiger partial charge in [0.2, 0.25) is 0 Å². The van der Waals surface area contributed by atoms with Crippen LogP contribution < -0.4 is 16.1 Å². The van der Waals surface area contributed by atoms with Crippen LogP contribution in [0.1, 0.15) is 25.0 Å². The second-order valence-corrected chi connectivity index (χ2v) is 16.9. The molecule has 306 valence electrons. The molecule has 0 unspecified atom stereocenters. The Kier molecular flexibility index (Phi) is 9.40. The van der Waals surface area contributed by atoms with Crippen LogP contribution in [0.25, 0.3) is 66.8 Å². The molecule has 5 nitrogen and oxygen atoms in total. The van der Waals surface area contributed by atoms with Crippen molar-refractivity contribution in [3.8, 4) is 55.9 Å². The first kappa shape index (κ1) is 38.6. The summed E-state index contributed by atoms with van der Waals surface area (Å²) < 4.78 is 2.90. The number of aromatic nitrogens is 2. The molecule has 0 amide bonds. The molecular weight excluding hydrogens is 783 g/mol. The highest BCUT2D eigenvalue weighted by Gasteiger charge is 2.37. The van der Waals surface area contributed by atoms with Gasteiger partial charge in [0.15, 0.2) is 0 Å². The lowest BCUT2D eigenvalue weighted by molar-refractivity contribution is 0.660. The lowest BCUT2D eigenvalue weighted by Crippen LogP contribution is -2.38. The molecule has 0 saturated heterocycles. The van der Waals surface area contributed by atoms with Gasteiger partial charge in [-0.3, -0.25) is 9.36 Å². The number of hydrogen-bond donors (Lipinski definition) is 0. The van der Waals surface area contributed by atoms with Gasteiger partial charge < -0.3 is 4.90 Å². The molecule has 64 heavy (non-hydrogen) atoms. The largest absolute Gasteiger partial charge is 0.340 e. The van der Waals surface area contributed by atoms with Crippen molar-refractivity contribution >= 4 is 28.0 Å². The van der Waals surface area contributed by atoms with Gasteiger partial charge in [0, 0.05) is 22.4 Å². The van der Waals surface area contributed by atoms with Crippen molar-refractivity contribution in [3.05, 3.63) is 256 Å². The predicted molar refractivity (Wildman–Crippen MR) is 264 cm³/mol. The van der Waals surface area contributed by atoms with E-state index in [1.165, 1.54) is 26.8 Å². The zero-order chi connectivity index (χ0) is 43.4. The van der Waals surface area contributed by atoms with Gasteiger partial charge in [0.25, 0.3) is 5.56 Å². The molecule has 0 spiro atoms. The smallest absolute Gasteiger partial charge is 0.310 e. The molecule has 5 heteroatoms. The van der Waals surface area contributed by atoms with E-state index < -0.39 is 5.69 Å². The van der Waals surface area contributed by atoms with Gasteiger partial charge in [0.05, 0.1) is 28.0 Å². The van der Waals surface area contributed by atoms with Crippen LogP contribution in [0.5, 0.6) is 0 Å². The Balaban J connectivity index is 0.977. The number of anilines is 3. The molecule has 10 aromatic rings. The van der Waals surface area contributed by atoms with Crippen LogP contribution in [0.3, 0.4) is 0 Å². The summed E-state index contributed by atoms with van der Waals surface area (Å²) in [5.74, 6) is 0. The van der Waals surface area contributed by atoms with E-state index >= 15 is 0 Å². The van der Waals surface area contributed by atoms with Crippen molar-refractivity contribution in [1.82, 2.24) is 9.13 Å². The number of para-hydroxylation sites is 1. The molecule has 9 aromatic carbocycles. The lowest BCUT2D eigenvalue weighted by Gasteiger charge is -2.29. The summed E-state index contributed by atoms with van der Waals surface area (Å²) in [5.41, 5.74) is 15.6. The summed E-state index contributed by atoms with van der Waals surface area (Å²) in [6.07, 6.45) is 0. The summed E-state index contributed by atoms with van der Waals surface area (Å²) in [6.45, 7) is 4.64. The molecule has 1 aliphatic rings. The Morgan fingerprint density at radius 3 is 1.58 bits per heavy atom. The van der Waals surface area contributed by atoms with Crippen molar-refractivity contribution in [2.24, 2.45) is 0 Å². The zero-order valence-electron chi connectivity index (χ0n) is 35.5. The molecule has 0 radical (unpaired) electrons. The van der Waals surface area contributed by atoms with Crippen LogP contribution in [-0.2, 0) is 5.41 Å². The molecule has 1 aliphatic carbocycles. The Hall–Kier alpha value is -8.28.